The molecule has 0 aromatic heterocycles. The molecule has 6 nitrogen and oxygen atoms in total. The van der Waals surface area contributed by atoms with E-state index in [1.165, 1.54) is 21.3 Å². The third-order valence-corrected chi connectivity index (χ3v) is 3.99. The Morgan fingerprint density at radius 2 is 1.58 bits per heavy atom. The number of hydrogen-bond acceptors (Lipinski definition) is 6. The van der Waals surface area contributed by atoms with Crippen molar-refractivity contribution < 1.29 is 23.7 Å². The van der Waals surface area contributed by atoms with Crippen molar-refractivity contribution in [2.45, 2.75) is 0 Å². The lowest BCUT2D eigenvalue weighted by Crippen LogP contribution is -2.05. The van der Waals surface area contributed by atoms with Crippen molar-refractivity contribution in [2.75, 3.05) is 21.3 Å². The van der Waals surface area contributed by atoms with Crippen LogP contribution in [0.1, 0.15) is 11.1 Å². The van der Waals surface area contributed by atoms with Crippen LogP contribution in [-0.4, -0.2) is 33.2 Å². The predicted octanol–water partition coefficient (Wildman–Crippen LogP) is 3.71. The summed E-state index contributed by atoms with van der Waals surface area (Å²) < 4.78 is 21.2. The maximum absolute atomic E-state index is 12.2. The van der Waals surface area contributed by atoms with E-state index in [1.807, 2.05) is 0 Å². The molecule has 0 aliphatic carbocycles. The summed E-state index contributed by atoms with van der Waals surface area (Å²) in [5.41, 5.74) is 1.42. The summed E-state index contributed by atoms with van der Waals surface area (Å²) in [4.78, 5) is 16.5. The summed E-state index contributed by atoms with van der Waals surface area (Å²) in [6, 6.07) is 10.2. The van der Waals surface area contributed by atoms with E-state index in [1.54, 1.807) is 42.5 Å². The quantitative estimate of drug-likeness (QED) is 0.590. The Kier molecular flexibility index (Phi) is 5.14. The number of esters is 1. The second-order valence-electron chi connectivity index (χ2n) is 5.29. The molecule has 0 bridgehead atoms. The minimum absolute atomic E-state index is 0.153. The number of halogens is 1. The zero-order valence-electron chi connectivity index (χ0n) is 14.4. The number of carbonyl (C=O) groups is 1. The highest BCUT2D eigenvalue weighted by Gasteiger charge is 2.25. The molecular formula is C19H16ClNO5. The smallest absolute Gasteiger partial charge is 0.363 e. The zero-order chi connectivity index (χ0) is 18.7. The van der Waals surface area contributed by atoms with Crippen LogP contribution in [0.3, 0.4) is 0 Å². The lowest BCUT2D eigenvalue weighted by Gasteiger charge is -2.12. The number of rotatable bonds is 5. The highest BCUT2D eigenvalue weighted by Crippen LogP contribution is 2.36. The first kappa shape index (κ1) is 17.8. The lowest BCUT2D eigenvalue weighted by molar-refractivity contribution is -0.129. The molecule has 1 heterocycles. The fourth-order valence-electron chi connectivity index (χ4n) is 2.44. The van der Waals surface area contributed by atoms with Crippen LogP contribution in [0.5, 0.6) is 17.2 Å². The van der Waals surface area contributed by atoms with E-state index in [2.05, 4.69) is 4.99 Å². The fourth-order valence-corrected chi connectivity index (χ4v) is 2.56. The second-order valence-corrected chi connectivity index (χ2v) is 5.73. The van der Waals surface area contributed by atoms with Crippen molar-refractivity contribution in [2.24, 2.45) is 4.99 Å². The number of aliphatic imine (C=N–C) groups is 1. The molecule has 2 aromatic carbocycles. The lowest BCUT2D eigenvalue weighted by atomic mass is 10.1. The van der Waals surface area contributed by atoms with Gasteiger partial charge < -0.3 is 18.9 Å². The number of benzene rings is 2. The van der Waals surface area contributed by atoms with Crippen LogP contribution in [0.2, 0.25) is 5.02 Å². The molecule has 0 saturated carbocycles. The van der Waals surface area contributed by atoms with Gasteiger partial charge in [0.1, 0.15) is 5.75 Å². The number of cyclic esters (lactones) is 1. The first-order valence-corrected chi connectivity index (χ1v) is 8.02. The van der Waals surface area contributed by atoms with Gasteiger partial charge in [0.15, 0.2) is 17.2 Å². The summed E-state index contributed by atoms with van der Waals surface area (Å²) >= 11 is 5.87. The molecule has 0 amide bonds. The summed E-state index contributed by atoms with van der Waals surface area (Å²) in [5, 5.41) is 0.588. The molecule has 0 N–H and O–H groups in total. The molecular weight excluding hydrogens is 358 g/mol. The van der Waals surface area contributed by atoms with Crippen molar-refractivity contribution in [3.8, 4) is 17.2 Å². The summed E-state index contributed by atoms with van der Waals surface area (Å²) in [7, 11) is 4.59. The summed E-state index contributed by atoms with van der Waals surface area (Å²) in [5.74, 6) is 1.21. The minimum Gasteiger partial charge on any atom is -0.496 e. The van der Waals surface area contributed by atoms with Gasteiger partial charge in [-0.1, -0.05) is 11.6 Å². The monoisotopic (exact) mass is 373 g/mol. The maximum Gasteiger partial charge on any atom is 0.363 e. The Hall–Kier alpha value is -2.99. The topological polar surface area (TPSA) is 66.3 Å². The average Bonchev–Trinajstić information content (AvgIpc) is 3.02. The maximum atomic E-state index is 12.2. The highest BCUT2D eigenvalue weighted by atomic mass is 35.5. The van der Waals surface area contributed by atoms with Gasteiger partial charge in [-0.05, 0) is 36.4 Å². The average molecular weight is 374 g/mol. The van der Waals surface area contributed by atoms with E-state index in [-0.39, 0.29) is 11.6 Å². The third kappa shape index (κ3) is 3.50. The standard InChI is InChI=1S/C19H16ClNO5/c1-23-15-10-17(25-3)16(24-2)9-12(15)8-14-19(22)26-18(21-14)11-4-6-13(20)7-5-11/h4-10H,1-3H3. The number of nitrogens with zero attached hydrogens (tertiary/aromatic N) is 1. The summed E-state index contributed by atoms with van der Waals surface area (Å²) in [6.45, 7) is 0. The molecule has 1 aliphatic heterocycles. The molecule has 7 heteroatoms. The SMILES string of the molecule is COc1cc(OC)c(OC)cc1C=C1N=C(c2ccc(Cl)cc2)OC1=O. The van der Waals surface area contributed by atoms with Crippen molar-refractivity contribution in [3.05, 3.63) is 58.2 Å². The molecule has 0 radical (unpaired) electrons. The van der Waals surface area contributed by atoms with Crippen LogP contribution >= 0.6 is 11.6 Å². The molecule has 0 saturated heterocycles. The Labute approximate surface area is 155 Å². The van der Waals surface area contributed by atoms with Gasteiger partial charge in [-0.15, -0.1) is 0 Å². The van der Waals surface area contributed by atoms with E-state index in [4.69, 9.17) is 30.5 Å². The predicted molar refractivity (Wildman–Crippen MR) is 98.2 cm³/mol. The van der Waals surface area contributed by atoms with Crippen LogP contribution in [0.25, 0.3) is 6.08 Å². The van der Waals surface area contributed by atoms with Gasteiger partial charge >= 0.3 is 5.97 Å². The van der Waals surface area contributed by atoms with Crippen molar-refractivity contribution in [1.82, 2.24) is 0 Å². The molecule has 1 aliphatic rings. The largest absolute Gasteiger partial charge is 0.496 e. The van der Waals surface area contributed by atoms with Crippen LogP contribution < -0.4 is 14.2 Å². The molecule has 3 rings (SSSR count). The van der Waals surface area contributed by atoms with Crippen LogP contribution in [0, 0.1) is 0 Å². The molecule has 0 fully saturated rings. The second kappa shape index (κ2) is 7.49. The molecule has 26 heavy (non-hydrogen) atoms. The first-order chi connectivity index (χ1) is 12.5. The van der Waals surface area contributed by atoms with Gasteiger partial charge in [0, 0.05) is 22.2 Å². The van der Waals surface area contributed by atoms with Crippen molar-refractivity contribution >= 4 is 29.5 Å². The van der Waals surface area contributed by atoms with Gasteiger partial charge in [-0.3, -0.25) is 0 Å². The van der Waals surface area contributed by atoms with E-state index < -0.39 is 5.97 Å². The molecule has 0 unspecified atom stereocenters. The number of ether oxygens (including phenoxy) is 4. The Morgan fingerprint density at radius 1 is 0.962 bits per heavy atom. The van der Waals surface area contributed by atoms with E-state index in [0.29, 0.717) is 33.4 Å². The number of hydrogen-bond donors (Lipinski definition) is 0. The number of carbonyl (C=O) groups excluding carboxylic acids is 1. The first-order valence-electron chi connectivity index (χ1n) is 7.64. The van der Waals surface area contributed by atoms with Gasteiger partial charge in [0.25, 0.3) is 0 Å². The van der Waals surface area contributed by atoms with Crippen molar-refractivity contribution in [3.63, 3.8) is 0 Å². The van der Waals surface area contributed by atoms with E-state index in [0.717, 1.165) is 0 Å². The molecule has 0 spiro atoms. The Balaban J connectivity index is 2.01. The Morgan fingerprint density at radius 3 is 2.19 bits per heavy atom. The van der Waals surface area contributed by atoms with Gasteiger partial charge in [0.2, 0.25) is 5.90 Å². The highest BCUT2D eigenvalue weighted by molar-refractivity contribution is 6.30. The van der Waals surface area contributed by atoms with Crippen LogP contribution in [0.4, 0.5) is 0 Å². The van der Waals surface area contributed by atoms with Gasteiger partial charge in [0.05, 0.1) is 21.3 Å². The molecule has 134 valence electrons. The van der Waals surface area contributed by atoms with Crippen molar-refractivity contribution in [1.29, 1.82) is 0 Å². The summed E-state index contributed by atoms with van der Waals surface area (Å²) in [6.07, 6.45) is 1.58. The minimum atomic E-state index is -0.549. The van der Waals surface area contributed by atoms with Crippen LogP contribution in [-0.2, 0) is 9.53 Å². The van der Waals surface area contributed by atoms with Crippen LogP contribution in [0.15, 0.2) is 47.1 Å². The van der Waals surface area contributed by atoms with E-state index in [9.17, 15) is 4.79 Å². The zero-order valence-corrected chi connectivity index (χ0v) is 15.2. The van der Waals surface area contributed by atoms with Gasteiger partial charge in [-0.25, -0.2) is 9.79 Å². The normalized spacial score (nSPS) is 14.8. The third-order valence-electron chi connectivity index (χ3n) is 3.74. The molecule has 2 aromatic rings. The van der Waals surface area contributed by atoms with Gasteiger partial charge in [-0.2, -0.15) is 0 Å². The Bertz CT molecular complexity index is 903. The van der Waals surface area contributed by atoms with E-state index >= 15 is 0 Å². The fraction of sp³-hybridized carbons (Fsp3) is 0.158. The number of methoxy groups -OCH3 is 3. The molecule has 0 atom stereocenters.